The molecule has 3 heterocycles. The summed E-state index contributed by atoms with van der Waals surface area (Å²) in [6.07, 6.45) is 5.00. The van der Waals surface area contributed by atoms with Crippen LogP contribution in [0.5, 0.6) is 0 Å². The van der Waals surface area contributed by atoms with Crippen molar-refractivity contribution in [2.24, 2.45) is 5.92 Å². The van der Waals surface area contributed by atoms with Crippen LogP contribution in [0, 0.1) is 11.7 Å². The largest absolute Gasteiger partial charge is 0.351 e. The lowest BCUT2D eigenvalue weighted by Crippen LogP contribution is -2.46. The number of carbonyl (C=O) groups is 2. The SMILES string of the molecule is CC(C)C(=O)N[C@@H]1C[C@H]2CC[C@H]1N2C(=O)c1ccncc1F. The van der Waals surface area contributed by atoms with Gasteiger partial charge < -0.3 is 10.2 Å². The van der Waals surface area contributed by atoms with Crippen LogP contribution in [0.15, 0.2) is 18.5 Å². The molecule has 1 aromatic rings. The van der Waals surface area contributed by atoms with Crippen LogP contribution in [-0.2, 0) is 4.79 Å². The molecule has 2 bridgehead atoms. The first-order valence-electron chi connectivity index (χ1n) is 7.71. The maximum absolute atomic E-state index is 13.8. The summed E-state index contributed by atoms with van der Waals surface area (Å²) < 4.78 is 13.8. The monoisotopic (exact) mass is 305 g/mol. The van der Waals surface area contributed by atoms with Gasteiger partial charge in [-0.05, 0) is 25.3 Å². The molecule has 0 unspecified atom stereocenters. The van der Waals surface area contributed by atoms with E-state index in [1.807, 2.05) is 13.8 Å². The smallest absolute Gasteiger partial charge is 0.257 e. The van der Waals surface area contributed by atoms with Crippen molar-refractivity contribution < 1.29 is 14.0 Å². The van der Waals surface area contributed by atoms with Crippen molar-refractivity contribution in [1.29, 1.82) is 0 Å². The number of amides is 2. The van der Waals surface area contributed by atoms with Gasteiger partial charge in [0, 0.05) is 18.2 Å². The molecule has 2 saturated heterocycles. The Labute approximate surface area is 128 Å². The van der Waals surface area contributed by atoms with Crippen molar-refractivity contribution in [3.63, 3.8) is 0 Å². The number of nitrogens with zero attached hydrogens (tertiary/aromatic N) is 2. The van der Waals surface area contributed by atoms with Crippen molar-refractivity contribution in [3.8, 4) is 0 Å². The van der Waals surface area contributed by atoms with Gasteiger partial charge in [-0.2, -0.15) is 0 Å². The van der Waals surface area contributed by atoms with Crippen molar-refractivity contribution in [2.75, 3.05) is 0 Å². The van der Waals surface area contributed by atoms with Gasteiger partial charge in [0.1, 0.15) is 0 Å². The first-order chi connectivity index (χ1) is 10.5. The van der Waals surface area contributed by atoms with Gasteiger partial charge in [0.05, 0.1) is 23.8 Å². The van der Waals surface area contributed by atoms with Gasteiger partial charge in [0.2, 0.25) is 5.91 Å². The lowest BCUT2D eigenvalue weighted by molar-refractivity contribution is -0.124. The van der Waals surface area contributed by atoms with E-state index in [2.05, 4.69) is 10.3 Å². The van der Waals surface area contributed by atoms with Gasteiger partial charge in [-0.3, -0.25) is 14.6 Å². The highest BCUT2D eigenvalue weighted by Gasteiger charge is 2.49. The highest BCUT2D eigenvalue weighted by Crippen LogP contribution is 2.39. The van der Waals surface area contributed by atoms with Crippen LogP contribution in [0.3, 0.4) is 0 Å². The van der Waals surface area contributed by atoms with Crippen molar-refractivity contribution in [1.82, 2.24) is 15.2 Å². The van der Waals surface area contributed by atoms with E-state index < -0.39 is 5.82 Å². The molecular weight excluding hydrogens is 285 g/mol. The normalized spacial score (nSPS) is 26.5. The first-order valence-corrected chi connectivity index (χ1v) is 7.71. The number of hydrogen-bond donors (Lipinski definition) is 1. The number of fused-ring (bicyclic) bond motifs is 2. The third-order valence-corrected chi connectivity index (χ3v) is 4.63. The van der Waals surface area contributed by atoms with Crippen molar-refractivity contribution in [3.05, 3.63) is 29.8 Å². The van der Waals surface area contributed by atoms with Gasteiger partial charge >= 0.3 is 0 Å². The van der Waals surface area contributed by atoms with Gasteiger partial charge in [-0.15, -0.1) is 0 Å². The van der Waals surface area contributed by atoms with Crippen LogP contribution in [0.1, 0.15) is 43.5 Å². The molecule has 1 aromatic heterocycles. The van der Waals surface area contributed by atoms with E-state index >= 15 is 0 Å². The third kappa shape index (κ3) is 2.46. The molecule has 1 N–H and O–H groups in total. The Balaban J connectivity index is 1.77. The van der Waals surface area contributed by atoms with E-state index in [0.717, 1.165) is 25.5 Å². The molecule has 5 nitrogen and oxygen atoms in total. The Bertz CT molecular complexity index is 605. The number of pyridine rings is 1. The highest BCUT2D eigenvalue weighted by atomic mass is 19.1. The van der Waals surface area contributed by atoms with Crippen LogP contribution < -0.4 is 5.32 Å². The van der Waals surface area contributed by atoms with Crippen molar-refractivity contribution in [2.45, 2.75) is 51.2 Å². The number of aromatic nitrogens is 1. The third-order valence-electron chi connectivity index (χ3n) is 4.63. The summed E-state index contributed by atoms with van der Waals surface area (Å²) in [4.78, 5) is 30.0. The number of halogens is 1. The minimum Gasteiger partial charge on any atom is -0.351 e. The topological polar surface area (TPSA) is 62.3 Å². The molecule has 3 rings (SSSR count). The summed E-state index contributed by atoms with van der Waals surface area (Å²) >= 11 is 0. The fourth-order valence-corrected chi connectivity index (χ4v) is 3.50. The quantitative estimate of drug-likeness (QED) is 0.925. The van der Waals surface area contributed by atoms with E-state index in [-0.39, 0.29) is 41.4 Å². The zero-order valence-electron chi connectivity index (χ0n) is 12.8. The van der Waals surface area contributed by atoms with E-state index in [4.69, 9.17) is 0 Å². The predicted molar refractivity (Wildman–Crippen MR) is 78.6 cm³/mol. The number of rotatable bonds is 3. The van der Waals surface area contributed by atoms with Gasteiger partial charge in [0.25, 0.3) is 5.91 Å². The van der Waals surface area contributed by atoms with Crippen LogP contribution in [0.25, 0.3) is 0 Å². The van der Waals surface area contributed by atoms with E-state index in [9.17, 15) is 14.0 Å². The summed E-state index contributed by atoms with van der Waals surface area (Å²) in [5, 5.41) is 3.02. The summed E-state index contributed by atoms with van der Waals surface area (Å²) in [6, 6.07) is 1.44. The molecule has 2 aliphatic rings. The zero-order chi connectivity index (χ0) is 15.9. The second kappa shape index (κ2) is 5.66. The summed E-state index contributed by atoms with van der Waals surface area (Å²) in [7, 11) is 0. The maximum atomic E-state index is 13.8. The Hall–Kier alpha value is -1.98. The van der Waals surface area contributed by atoms with Crippen LogP contribution in [-0.4, -0.2) is 39.8 Å². The zero-order valence-corrected chi connectivity index (χ0v) is 12.8. The van der Waals surface area contributed by atoms with E-state index in [0.29, 0.717) is 0 Å². The van der Waals surface area contributed by atoms with Gasteiger partial charge in [-0.1, -0.05) is 13.8 Å². The Morgan fingerprint density at radius 1 is 1.41 bits per heavy atom. The molecule has 2 fully saturated rings. The molecule has 3 atom stereocenters. The number of hydrogen-bond acceptors (Lipinski definition) is 3. The van der Waals surface area contributed by atoms with Crippen LogP contribution in [0.4, 0.5) is 4.39 Å². The Kier molecular flexibility index (Phi) is 3.85. The van der Waals surface area contributed by atoms with Gasteiger partial charge in [-0.25, -0.2) is 4.39 Å². The molecule has 22 heavy (non-hydrogen) atoms. The van der Waals surface area contributed by atoms with Crippen LogP contribution >= 0.6 is 0 Å². The average molecular weight is 305 g/mol. The highest BCUT2D eigenvalue weighted by molar-refractivity contribution is 5.95. The number of carbonyl (C=O) groups excluding carboxylic acids is 2. The van der Waals surface area contributed by atoms with Crippen molar-refractivity contribution >= 4 is 11.8 Å². The molecule has 0 saturated carbocycles. The minimum absolute atomic E-state index is 0.0000376. The lowest BCUT2D eigenvalue weighted by Gasteiger charge is -2.25. The molecule has 0 radical (unpaired) electrons. The molecule has 0 spiro atoms. The Morgan fingerprint density at radius 3 is 2.86 bits per heavy atom. The standard InChI is InChI=1S/C16H20FN3O2/c1-9(2)15(21)19-13-7-10-3-4-14(13)20(10)16(22)11-5-6-18-8-12(11)17/h5-6,8-10,13-14H,3-4,7H2,1-2H3,(H,19,21)/t10-,13-,14-/m1/s1. The first kappa shape index (κ1) is 14.9. The molecular formula is C16H20FN3O2. The Morgan fingerprint density at radius 2 is 2.18 bits per heavy atom. The minimum atomic E-state index is -0.596. The van der Waals surface area contributed by atoms with Crippen LogP contribution in [0.2, 0.25) is 0 Å². The molecule has 2 amide bonds. The fraction of sp³-hybridized carbons (Fsp3) is 0.562. The molecule has 6 heteroatoms. The maximum Gasteiger partial charge on any atom is 0.257 e. The number of nitrogens with one attached hydrogen (secondary N) is 1. The summed E-state index contributed by atoms with van der Waals surface area (Å²) in [6.45, 7) is 3.69. The molecule has 0 aromatic carbocycles. The van der Waals surface area contributed by atoms with E-state index in [1.54, 1.807) is 4.90 Å². The van der Waals surface area contributed by atoms with E-state index in [1.165, 1.54) is 12.3 Å². The van der Waals surface area contributed by atoms with Gasteiger partial charge in [0.15, 0.2) is 5.82 Å². The second-order valence-corrected chi connectivity index (χ2v) is 6.37. The summed E-state index contributed by atoms with van der Waals surface area (Å²) in [5.41, 5.74) is 0.0581. The lowest BCUT2D eigenvalue weighted by atomic mass is 9.95. The molecule has 118 valence electrons. The summed E-state index contributed by atoms with van der Waals surface area (Å²) in [5.74, 6) is -0.976. The second-order valence-electron chi connectivity index (χ2n) is 6.37. The predicted octanol–water partition coefficient (Wildman–Crippen LogP) is 1.74. The average Bonchev–Trinajstić information content (AvgIpc) is 3.04. The molecule has 0 aliphatic carbocycles. The fourth-order valence-electron chi connectivity index (χ4n) is 3.50. The molecule has 2 aliphatic heterocycles.